The molecule has 1 saturated heterocycles. The Bertz CT molecular complexity index is 423. The lowest BCUT2D eigenvalue weighted by atomic mass is 9.76. The van der Waals surface area contributed by atoms with Crippen LogP contribution in [0.2, 0.25) is 0 Å². The van der Waals surface area contributed by atoms with Gasteiger partial charge in [-0.25, -0.2) is 4.39 Å². The highest BCUT2D eigenvalue weighted by Crippen LogP contribution is 2.38. The first kappa shape index (κ1) is 14.3. The van der Waals surface area contributed by atoms with Crippen LogP contribution < -0.4 is 10.1 Å². The normalized spacial score (nSPS) is 24.3. The van der Waals surface area contributed by atoms with Gasteiger partial charge in [0.1, 0.15) is 11.6 Å². The third-order valence-electron chi connectivity index (χ3n) is 4.33. The topological polar surface area (TPSA) is 21.3 Å². The van der Waals surface area contributed by atoms with Crippen LogP contribution in [0.3, 0.4) is 0 Å². The van der Waals surface area contributed by atoms with Crippen LogP contribution in [0.15, 0.2) is 18.2 Å². The molecule has 1 fully saturated rings. The predicted molar refractivity (Wildman–Crippen MR) is 75.9 cm³/mol. The molecule has 3 heteroatoms. The fraction of sp³-hybridized carbons (Fsp3) is 0.625. The largest absolute Gasteiger partial charge is 0.497 e. The molecule has 1 unspecified atom stereocenters. The van der Waals surface area contributed by atoms with Gasteiger partial charge in [-0.2, -0.15) is 0 Å². The SMILES string of the molecule is COc1ccc(C2(C(C)C)CCCCCN2)c(F)c1. The van der Waals surface area contributed by atoms with Gasteiger partial charge in [0.15, 0.2) is 0 Å². The minimum atomic E-state index is -0.243. The summed E-state index contributed by atoms with van der Waals surface area (Å²) in [4.78, 5) is 0. The lowest BCUT2D eigenvalue weighted by Gasteiger charge is -2.38. The lowest BCUT2D eigenvalue weighted by Crippen LogP contribution is -2.46. The number of nitrogens with one attached hydrogen (secondary N) is 1. The monoisotopic (exact) mass is 265 g/mol. The molecule has 1 aromatic carbocycles. The van der Waals surface area contributed by atoms with Crippen molar-refractivity contribution in [3.63, 3.8) is 0 Å². The summed E-state index contributed by atoms with van der Waals surface area (Å²) in [6.07, 6.45) is 4.54. The van der Waals surface area contributed by atoms with E-state index in [2.05, 4.69) is 19.2 Å². The van der Waals surface area contributed by atoms with Crippen LogP contribution in [0.5, 0.6) is 5.75 Å². The number of hydrogen-bond donors (Lipinski definition) is 1. The van der Waals surface area contributed by atoms with E-state index in [1.165, 1.54) is 18.9 Å². The van der Waals surface area contributed by atoms with Crippen molar-refractivity contribution in [3.8, 4) is 5.75 Å². The van der Waals surface area contributed by atoms with E-state index in [9.17, 15) is 4.39 Å². The van der Waals surface area contributed by atoms with E-state index in [1.807, 2.05) is 12.1 Å². The molecule has 0 aromatic heterocycles. The van der Waals surface area contributed by atoms with Crippen molar-refractivity contribution >= 4 is 0 Å². The molecule has 1 N–H and O–H groups in total. The summed E-state index contributed by atoms with van der Waals surface area (Å²) in [5, 5.41) is 3.61. The maximum Gasteiger partial charge on any atom is 0.131 e. The minimum Gasteiger partial charge on any atom is -0.497 e. The van der Waals surface area contributed by atoms with Gasteiger partial charge in [0.25, 0.3) is 0 Å². The smallest absolute Gasteiger partial charge is 0.131 e. The summed E-state index contributed by atoms with van der Waals surface area (Å²) >= 11 is 0. The number of halogens is 1. The van der Waals surface area contributed by atoms with Gasteiger partial charge in [-0.3, -0.25) is 0 Å². The fourth-order valence-corrected chi connectivity index (χ4v) is 3.12. The molecule has 0 saturated carbocycles. The Morgan fingerprint density at radius 3 is 2.68 bits per heavy atom. The molecule has 1 aliphatic heterocycles. The van der Waals surface area contributed by atoms with Crippen molar-refractivity contribution in [1.82, 2.24) is 5.32 Å². The molecule has 1 aliphatic rings. The first-order chi connectivity index (χ1) is 9.10. The summed E-state index contributed by atoms with van der Waals surface area (Å²) in [5.41, 5.74) is 0.539. The maximum absolute atomic E-state index is 14.4. The van der Waals surface area contributed by atoms with Crippen LogP contribution in [0.1, 0.15) is 45.1 Å². The summed E-state index contributed by atoms with van der Waals surface area (Å²) in [7, 11) is 1.57. The maximum atomic E-state index is 14.4. The number of benzene rings is 1. The Balaban J connectivity index is 2.43. The Morgan fingerprint density at radius 1 is 1.26 bits per heavy atom. The highest BCUT2D eigenvalue weighted by atomic mass is 19.1. The van der Waals surface area contributed by atoms with Crippen molar-refractivity contribution in [2.45, 2.75) is 45.1 Å². The Hall–Kier alpha value is -1.09. The second-order valence-electron chi connectivity index (χ2n) is 5.71. The van der Waals surface area contributed by atoms with Gasteiger partial charge in [0.2, 0.25) is 0 Å². The van der Waals surface area contributed by atoms with E-state index in [0.717, 1.165) is 24.9 Å². The molecule has 0 radical (unpaired) electrons. The summed E-state index contributed by atoms with van der Waals surface area (Å²) in [5.74, 6) is 0.768. The molecule has 1 heterocycles. The molecule has 1 aromatic rings. The van der Waals surface area contributed by atoms with E-state index in [1.54, 1.807) is 7.11 Å². The molecule has 19 heavy (non-hydrogen) atoms. The molecule has 106 valence electrons. The van der Waals surface area contributed by atoms with E-state index < -0.39 is 0 Å². The highest BCUT2D eigenvalue weighted by Gasteiger charge is 2.37. The molecule has 1 atom stereocenters. The van der Waals surface area contributed by atoms with E-state index in [0.29, 0.717) is 11.7 Å². The van der Waals surface area contributed by atoms with Crippen LogP contribution in [-0.4, -0.2) is 13.7 Å². The number of rotatable bonds is 3. The van der Waals surface area contributed by atoms with Gasteiger partial charge in [-0.05, 0) is 31.4 Å². The second-order valence-corrected chi connectivity index (χ2v) is 5.71. The zero-order chi connectivity index (χ0) is 13.9. The second kappa shape index (κ2) is 5.91. The van der Waals surface area contributed by atoms with Crippen molar-refractivity contribution in [2.24, 2.45) is 5.92 Å². The zero-order valence-corrected chi connectivity index (χ0v) is 12.1. The molecule has 0 spiro atoms. The zero-order valence-electron chi connectivity index (χ0n) is 12.1. The summed E-state index contributed by atoms with van der Waals surface area (Å²) < 4.78 is 19.5. The molecule has 0 amide bonds. The van der Waals surface area contributed by atoms with Gasteiger partial charge in [0.05, 0.1) is 7.11 Å². The van der Waals surface area contributed by atoms with E-state index in [4.69, 9.17) is 4.74 Å². The third kappa shape index (κ3) is 2.76. The number of ether oxygens (including phenoxy) is 1. The fourth-order valence-electron chi connectivity index (χ4n) is 3.12. The average Bonchev–Trinajstić information content (AvgIpc) is 2.65. The Labute approximate surface area is 115 Å². The van der Waals surface area contributed by atoms with Crippen molar-refractivity contribution in [3.05, 3.63) is 29.6 Å². The van der Waals surface area contributed by atoms with Gasteiger partial charge in [0, 0.05) is 17.2 Å². The van der Waals surface area contributed by atoms with Crippen LogP contribution in [0.25, 0.3) is 0 Å². The minimum absolute atomic E-state index is 0.164. The Morgan fingerprint density at radius 2 is 2.05 bits per heavy atom. The van der Waals surface area contributed by atoms with Gasteiger partial charge in [-0.1, -0.05) is 32.8 Å². The highest BCUT2D eigenvalue weighted by molar-refractivity contribution is 5.34. The van der Waals surface area contributed by atoms with Crippen molar-refractivity contribution in [1.29, 1.82) is 0 Å². The number of methoxy groups -OCH3 is 1. The van der Waals surface area contributed by atoms with Gasteiger partial charge in [-0.15, -0.1) is 0 Å². The first-order valence-electron chi connectivity index (χ1n) is 7.19. The lowest BCUT2D eigenvalue weighted by molar-refractivity contribution is 0.222. The third-order valence-corrected chi connectivity index (χ3v) is 4.33. The van der Waals surface area contributed by atoms with Crippen molar-refractivity contribution in [2.75, 3.05) is 13.7 Å². The molecular weight excluding hydrogens is 241 g/mol. The van der Waals surface area contributed by atoms with Crippen LogP contribution >= 0.6 is 0 Å². The summed E-state index contributed by atoms with van der Waals surface area (Å²) in [6.45, 7) is 5.30. The standard InChI is InChI=1S/C16H24FNO/c1-12(2)16(9-5-4-6-10-18-16)14-8-7-13(19-3)11-15(14)17/h7-8,11-12,18H,4-6,9-10H2,1-3H3. The quantitative estimate of drug-likeness (QED) is 0.896. The Kier molecular flexibility index (Phi) is 4.46. The van der Waals surface area contributed by atoms with Crippen LogP contribution in [-0.2, 0) is 5.54 Å². The molecule has 2 rings (SSSR count). The average molecular weight is 265 g/mol. The molecule has 0 bridgehead atoms. The molecule has 2 nitrogen and oxygen atoms in total. The first-order valence-corrected chi connectivity index (χ1v) is 7.19. The van der Waals surface area contributed by atoms with E-state index in [-0.39, 0.29) is 11.4 Å². The van der Waals surface area contributed by atoms with Crippen LogP contribution in [0, 0.1) is 11.7 Å². The van der Waals surface area contributed by atoms with Crippen LogP contribution in [0.4, 0.5) is 4.39 Å². The van der Waals surface area contributed by atoms with Gasteiger partial charge >= 0.3 is 0 Å². The predicted octanol–water partition coefficient (Wildman–Crippen LogP) is 3.85. The molecule has 0 aliphatic carbocycles. The van der Waals surface area contributed by atoms with Crippen molar-refractivity contribution < 1.29 is 9.13 Å². The number of hydrogen-bond acceptors (Lipinski definition) is 2. The van der Waals surface area contributed by atoms with E-state index >= 15 is 0 Å². The van der Waals surface area contributed by atoms with Gasteiger partial charge < -0.3 is 10.1 Å². The molecular formula is C16H24FNO. The summed E-state index contributed by atoms with van der Waals surface area (Å²) in [6, 6.07) is 5.23.